The molecule has 6 nitrogen and oxygen atoms in total. The van der Waals surface area contributed by atoms with Crippen molar-refractivity contribution in [3.63, 3.8) is 0 Å². The van der Waals surface area contributed by atoms with Crippen molar-refractivity contribution in [2.24, 2.45) is 5.92 Å². The Morgan fingerprint density at radius 3 is 2.64 bits per heavy atom. The van der Waals surface area contributed by atoms with Crippen LogP contribution in [0.3, 0.4) is 0 Å². The fourth-order valence-corrected chi connectivity index (χ4v) is 3.04. The Balaban J connectivity index is 1.85. The quantitative estimate of drug-likeness (QED) is 0.690. The molecule has 0 saturated heterocycles. The number of fused-ring (bicyclic) bond motifs is 1. The molecule has 1 amide bonds. The fourth-order valence-electron chi connectivity index (χ4n) is 3.04. The van der Waals surface area contributed by atoms with Crippen LogP contribution < -0.4 is 10.6 Å². The molecule has 2 N–H and O–H groups in total. The van der Waals surface area contributed by atoms with Gasteiger partial charge >= 0.3 is 6.30 Å². The van der Waals surface area contributed by atoms with Crippen LogP contribution in [0, 0.1) is 12.8 Å². The van der Waals surface area contributed by atoms with Crippen molar-refractivity contribution in [3.8, 4) is 11.3 Å². The number of carbonyl (C=O) groups excluding carboxylic acids is 1. The third-order valence-corrected chi connectivity index (χ3v) is 4.68. The molecule has 0 radical (unpaired) electrons. The van der Waals surface area contributed by atoms with Crippen LogP contribution in [0.4, 0.5) is 24.8 Å². The first-order valence-electron chi connectivity index (χ1n) is 8.64. The standard InChI is InChI=1S/C19H16F3N5O/c1-10-4-5-24-8-13(10)15-6-12-7-16(25-9-14(12)17(23)26-15)27(19(20,21)22)18(28)11-2-3-11/h4-9,11H,2-3H2,1H3,(H2,23,26). The number of halogens is 3. The van der Waals surface area contributed by atoms with Gasteiger partial charge in [-0.05, 0) is 48.9 Å². The maximum atomic E-state index is 13.5. The Morgan fingerprint density at radius 1 is 1.25 bits per heavy atom. The van der Waals surface area contributed by atoms with E-state index < -0.39 is 23.9 Å². The first kappa shape index (κ1) is 18.1. The van der Waals surface area contributed by atoms with Crippen LogP contribution in [-0.2, 0) is 4.79 Å². The Labute approximate surface area is 158 Å². The highest BCUT2D eigenvalue weighted by Crippen LogP contribution is 2.38. The molecule has 1 aliphatic rings. The van der Waals surface area contributed by atoms with E-state index in [1.807, 2.05) is 6.92 Å². The van der Waals surface area contributed by atoms with Gasteiger partial charge in [0, 0.05) is 35.5 Å². The van der Waals surface area contributed by atoms with Gasteiger partial charge in [0.05, 0.1) is 5.69 Å². The third kappa shape index (κ3) is 3.23. The molecular formula is C19H16F3N5O. The maximum absolute atomic E-state index is 13.5. The molecule has 144 valence electrons. The van der Waals surface area contributed by atoms with Gasteiger partial charge in [0.2, 0.25) is 5.91 Å². The number of nitrogen functional groups attached to an aromatic ring is 1. The van der Waals surface area contributed by atoms with E-state index >= 15 is 0 Å². The molecule has 4 rings (SSSR count). The summed E-state index contributed by atoms with van der Waals surface area (Å²) >= 11 is 0. The van der Waals surface area contributed by atoms with Crippen LogP contribution in [0.1, 0.15) is 18.4 Å². The molecule has 1 fully saturated rings. The van der Waals surface area contributed by atoms with Crippen molar-refractivity contribution in [2.75, 3.05) is 10.6 Å². The molecule has 3 aromatic rings. The zero-order chi connectivity index (χ0) is 20.1. The number of carbonyl (C=O) groups is 1. The molecule has 0 aromatic carbocycles. The zero-order valence-electron chi connectivity index (χ0n) is 14.9. The summed E-state index contributed by atoms with van der Waals surface area (Å²) in [6, 6.07) is 4.64. The first-order chi connectivity index (χ1) is 13.3. The monoisotopic (exact) mass is 387 g/mol. The van der Waals surface area contributed by atoms with E-state index in [2.05, 4.69) is 15.0 Å². The summed E-state index contributed by atoms with van der Waals surface area (Å²) in [7, 11) is 0. The molecule has 3 heterocycles. The highest BCUT2D eigenvalue weighted by atomic mass is 19.4. The largest absolute Gasteiger partial charge is 0.492 e. The second-order valence-corrected chi connectivity index (χ2v) is 6.76. The van der Waals surface area contributed by atoms with Gasteiger partial charge in [-0.15, -0.1) is 13.2 Å². The number of hydrogen-bond donors (Lipinski definition) is 1. The zero-order valence-corrected chi connectivity index (χ0v) is 14.9. The lowest BCUT2D eigenvalue weighted by Gasteiger charge is -2.24. The summed E-state index contributed by atoms with van der Waals surface area (Å²) in [5.74, 6) is -1.92. The van der Waals surface area contributed by atoms with Gasteiger partial charge < -0.3 is 5.73 Å². The topological polar surface area (TPSA) is 85.0 Å². The molecule has 0 bridgehead atoms. The lowest BCUT2D eigenvalue weighted by molar-refractivity contribution is -0.151. The van der Waals surface area contributed by atoms with Gasteiger partial charge in [0.25, 0.3) is 0 Å². The van der Waals surface area contributed by atoms with Gasteiger partial charge in [0.15, 0.2) is 0 Å². The van der Waals surface area contributed by atoms with Gasteiger partial charge in [0.1, 0.15) is 11.6 Å². The molecule has 9 heteroatoms. The summed E-state index contributed by atoms with van der Waals surface area (Å²) in [4.78, 5) is 24.3. The van der Waals surface area contributed by atoms with Gasteiger partial charge in [-0.3, -0.25) is 9.78 Å². The van der Waals surface area contributed by atoms with Crippen molar-refractivity contribution in [2.45, 2.75) is 26.1 Å². The van der Waals surface area contributed by atoms with Crippen molar-refractivity contribution in [1.82, 2.24) is 15.0 Å². The Morgan fingerprint density at radius 2 is 2.00 bits per heavy atom. The minimum absolute atomic E-state index is 0.141. The van der Waals surface area contributed by atoms with E-state index in [4.69, 9.17) is 5.73 Å². The highest BCUT2D eigenvalue weighted by molar-refractivity contribution is 6.00. The molecule has 0 unspecified atom stereocenters. The minimum Gasteiger partial charge on any atom is -0.383 e. The number of anilines is 2. The number of hydrogen-bond acceptors (Lipinski definition) is 5. The number of amides is 1. The summed E-state index contributed by atoms with van der Waals surface area (Å²) in [5, 5.41) is 0.823. The number of pyridine rings is 3. The second-order valence-electron chi connectivity index (χ2n) is 6.76. The molecule has 1 aliphatic carbocycles. The average Bonchev–Trinajstić information content (AvgIpc) is 3.46. The molecular weight excluding hydrogens is 371 g/mol. The van der Waals surface area contributed by atoms with Crippen LogP contribution >= 0.6 is 0 Å². The molecule has 0 aliphatic heterocycles. The van der Waals surface area contributed by atoms with E-state index in [9.17, 15) is 18.0 Å². The molecule has 3 aromatic heterocycles. The van der Waals surface area contributed by atoms with E-state index in [-0.39, 0.29) is 10.7 Å². The van der Waals surface area contributed by atoms with E-state index in [1.165, 1.54) is 12.3 Å². The lowest BCUT2D eigenvalue weighted by atomic mass is 10.1. The molecule has 1 saturated carbocycles. The van der Waals surface area contributed by atoms with Crippen molar-refractivity contribution >= 4 is 28.3 Å². The summed E-state index contributed by atoms with van der Waals surface area (Å²) < 4.78 is 40.6. The van der Waals surface area contributed by atoms with Gasteiger partial charge in [-0.1, -0.05) is 0 Å². The number of aromatic nitrogens is 3. The lowest BCUT2D eigenvalue weighted by Crippen LogP contribution is -2.44. The number of nitrogens with two attached hydrogens (primary N) is 1. The number of nitrogens with zero attached hydrogens (tertiary/aromatic N) is 4. The van der Waals surface area contributed by atoms with Gasteiger partial charge in [-0.25, -0.2) is 14.9 Å². The van der Waals surface area contributed by atoms with Crippen LogP contribution in [0.5, 0.6) is 0 Å². The Hall–Kier alpha value is -3.23. The molecule has 0 atom stereocenters. The Kier molecular flexibility index (Phi) is 4.17. The van der Waals surface area contributed by atoms with Crippen LogP contribution in [0.2, 0.25) is 0 Å². The summed E-state index contributed by atoms with van der Waals surface area (Å²) in [5.41, 5.74) is 8.10. The van der Waals surface area contributed by atoms with E-state index in [1.54, 1.807) is 24.5 Å². The van der Waals surface area contributed by atoms with E-state index in [0.29, 0.717) is 29.3 Å². The number of rotatable bonds is 3. The third-order valence-electron chi connectivity index (χ3n) is 4.68. The smallest absolute Gasteiger partial charge is 0.383 e. The van der Waals surface area contributed by atoms with E-state index in [0.717, 1.165) is 11.1 Å². The number of aryl methyl sites for hydroxylation is 1. The second kappa shape index (κ2) is 6.43. The highest BCUT2D eigenvalue weighted by Gasteiger charge is 2.48. The normalized spacial score (nSPS) is 14.3. The fraction of sp³-hybridized carbons (Fsp3) is 0.263. The van der Waals surface area contributed by atoms with Crippen LogP contribution in [0.25, 0.3) is 22.0 Å². The number of alkyl halides is 3. The SMILES string of the molecule is Cc1ccncc1-c1cc2cc(N(C(=O)C3CC3)C(F)(F)F)ncc2c(N)n1. The predicted octanol–water partition coefficient (Wildman–Crippen LogP) is 3.85. The van der Waals surface area contributed by atoms with Crippen molar-refractivity contribution in [3.05, 3.63) is 42.4 Å². The maximum Gasteiger partial charge on any atom is 0.492 e. The average molecular weight is 387 g/mol. The predicted molar refractivity (Wildman–Crippen MR) is 98.2 cm³/mol. The van der Waals surface area contributed by atoms with Crippen molar-refractivity contribution < 1.29 is 18.0 Å². The van der Waals surface area contributed by atoms with Crippen LogP contribution in [0.15, 0.2) is 36.8 Å². The summed E-state index contributed by atoms with van der Waals surface area (Å²) in [6.45, 7) is 1.87. The Bertz CT molecular complexity index is 1080. The molecule has 28 heavy (non-hydrogen) atoms. The summed E-state index contributed by atoms with van der Waals surface area (Å²) in [6.07, 6.45) is 0.522. The first-order valence-corrected chi connectivity index (χ1v) is 8.64. The van der Waals surface area contributed by atoms with Gasteiger partial charge in [-0.2, -0.15) is 0 Å². The molecule has 0 spiro atoms. The van der Waals surface area contributed by atoms with Crippen LogP contribution in [-0.4, -0.2) is 27.2 Å². The minimum atomic E-state index is -4.86. The van der Waals surface area contributed by atoms with Crippen molar-refractivity contribution in [1.29, 1.82) is 0 Å².